The van der Waals surface area contributed by atoms with E-state index in [-0.39, 0.29) is 6.61 Å². The average Bonchev–Trinajstić information content (AvgIpc) is 2.55. The SMILES string of the molecule is CC(=O)OC1C(OC(C)=O)[C@@H](O)OC(COCc2ccccc2)[C@H]1S. The summed E-state index contributed by atoms with van der Waals surface area (Å²) in [6.45, 7) is 2.92. The first kappa shape index (κ1) is 19.7. The molecule has 8 heteroatoms. The lowest BCUT2D eigenvalue weighted by Gasteiger charge is -2.41. The lowest BCUT2D eigenvalue weighted by Crippen LogP contribution is -2.59. The normalized spacial score (nSPS) is 29.0. The van der Waals surface area contributed by atoms with Crippen molar-refractivity contribution >= 4 is 24.6 Å². The Hall–Kier alpha value is -1.61. The smallest absolute Gasteiger partial charge is 0.303 e. The minimum Gasteiger partial charge on any atom is -0.457 e. The van der Waals surface area contributed by atoms with Crippen LogP contribution in [0.3, 0.4) is 0 Å². The van der Waals surface area contributed by atoms with Crippen LogP contribution in [-0.4, -0.2) is 53.5 Å². The summed E-state index contributed by atoms with van der Waals surface area (Å²) in [7, 11) is 0. The third-order valence-corrected chi connectivity index (χ3v) is 4.26. The van der Waals surface area contributed by atoms with Gasteiger partial charge in [-0.15, -0.1) is 0 Å². The Kier molecular flexibility index (Phi) is 7.24. The van der Waals surface area contributed by atoms with E-state index >= 15 is 0 Å². The van der Waals surface area contributed by atoms with Crippen LogP contribution in [0.5, 0.6) is 0 Å². The number of benzene rings is 1. The van der Waals surface area contributed by atoms with Crippen molar-refractivity contribution in [3.8, 4) is 0 Å². The van der Waals surface area contributed by atoms with Gasteiger partial charge in [0.15, 0.2) is 18.5 Å². The molecule has 2 rings (SSSR count). The highest BCUT2D eigenvalue weighted by Gasteiger charge is 2.48. The summed E-state index contributed by atoms with van der Waals surface area (Å²) >= 11 is 4.42. The van der Waals surface area contributed by atoms with E-state index < -0.39 is 41.8 Å². The quantitative estimate of drug-likeness (QED) is 0.572. The van der Waals surface area contributed by atoms with Crippen LogP contribution in [0.2, 0.25) is 0 Å². The predicted octanol–water partition coefficient (Wildman–Crippen LogP) is 1.08. The first-order valence-electron chi connectivity index (χ1n) is 7.86. The second-order valence-corrected chi connectivity index (χ2v) is 6.30. The van der Waals surface area contributed by atoms with Crippen LogP contribution in [-0.2, 0) is 35.1 Å². The van der Waals surface area contributed by atoms with E-state index in [4.69, 9.17) is 18.9 Å². The molecule has 0 amide bonds. The van der Waals surface area contributed by atoms with Crippen LogP contribution in [0.4, 0.5) is 0 Å². The number of hydrogen-bond donors (Lipinski definition) is 2. The molecule has 5 atom stereocenters. The topological polar surface area (TPSA) is 91.3 Å². The van der Waals surface area contributed by atoms with Crippen LogP contribution in [0.25, 0.3) is 0 Å². The molecule has 0 aromatic heterocycles. The summed E-state index contributed by atoms with van der Waals surface area (Å²) < 4.78 is 21.3. The summed E-state index contributed by atoms with van der Waals surface area (Å²) in [5.74, 6) is -1.19. The number of carbonyl (C=O) groups excluding carboxylic acids is 2. The number of aliphatic hydroxyl groups excluding tert-OH is 1. The zero-order valence-corrected chi connectivity index (χ0v) is 14.9. The van der Waals surface area contributed by atoms with Gasteiger partial charge in [-0.25, -0.2) is 0 Å². The minimum atomic E-state index is -1.44. The highest BCUT2D eigenvalue weighted by molar-refractivity contribution is 7.81. The zero-order chi connectivity index (χ0) is 18.4. The summed E-state index contributed by atoms with van der Waals surface area (Å²) in [5, 5.41) is 9.49. The van der Waals surface area contributed by atoms with Crippen molar-refractivity contribution in [3.63, 3.8) is 0 Å². The molecule has 0 aliphatic carbocycles. The molecule has 1 aromatic carbocycles. The maximum Gasteiger partial charge on any atom is 0.303 e. The van der Waals surface area contributed by atoms with Gasteiger partial charge in [0.1, 0.15) is 0 Å². The summed E-state index contributed by atoms with van der Waals surface area (Å²) in [5.41, 5.74) is 0.990. The first-order chi connectivity index (χ1) is 11.9. The van der Waals surface area contributed by atoms with Crippen LogP contribution in [0, 0.1) is 0 Å². The fourth-order valence-electron chi connectivity index (χ4n) is 2.56. The van der Waals surface area contributed by atoms with E-state index in [0.717, 1.165) is 5.56 Å². The number of aliphatic hydroxyl groups is 1. The number of ether oxygens (including phenoxy) is 4. The molecule has 0 radical (unpaired) electrons. The van der Waals surface area contributed by atoms with E-state index in [1.807, 2.05) is 30.3 Å². The highest BCUT2D eigenvalue weighted by Crippen LogP contribution is 2.29. The largest absolute Gasteiger partial charge is 0.457 e. The molecule has 1 aromatic rings. The Balaban J connectivity index is 1.99. The second-order valence-electron chi connectivity index (χ2n) is 5.70. The lowest BCUT2D eigenvalue weighted by molar-refractivity contribution is -0.261. The zero-order valence-electron chi connectivity index (χ0n) is 14.0. The standard InChI is InChI=1S/C17H22O7S/c1-10(18)22-14-15(23-11(2)19)17(20)24-13(16(14)25)9-21-8-12-6-4-3-5-7-12/h3-7,13-17,20,25H,8-9H2,1-2H3/t13?,14?,15?,16-,17+/m1/s1. The fourth-order valence-corrected chi connectivity index (χ4v) is 2.94. The molecule has 1 fully saturated rings. The van der Waals surface area contributed by atoms with Crippen molar-refractivity contribution in [2.24, 2.45) is 0 Å². The van der Waals surface area contributed by atoms with Gasteiger partial charge in [-0.05, 0) is 5.56 Å². The Morgan fingerprint density at radius 3 is 2.32 bits per heavy atom. The van der Waals surface area contributed by atoms with Gasteiger partial charge < -0.3 is 24.1 Å². The second kappa shape index (κ2) is 9.19. The van der Waals surface area contributed by atoms with Crippen molar-refractivity contribution in [2.45, 2.75) is 50.3 Å². The van der Waals surface area contributed by atoms with Crippen LogP contribution in [0.15, 0.2) is 30.3 Å². The Bertz CT molecular complexity index is 580. The fraction of sp³-hybridized carbons (Fsp3) is 0.529. The lowest BCUT2D eigenvalue weighted by atomic mass is 10.0. The Morgan fingerprint density at radius 2 is 1.72 bits per heavy atom. The number of hydrogen-bond acceptors (Lipinski definition) is 8. The van der Waals surface area contributed by atoms with Crippen LogP contribution in [0.1, 0.15) is 19.4 Å². The van der Waals surface area contributed by atoms with Crippen molar-refractivity contribution in [1.82, 2.24) is 0 Å². The third-order valence-electron chi connectivity index (χ3n) is 3.63. The number of thiol groups is 1. The molecule has 1 saturated heterocycles. The molecule has 0 spiro atoms. The monoisotopic (exact) mass is 370 g/mol. The highest BCUT2D eigenvalue weighted by atomic mass is 32.1. The van der Waals surface area contributed by atoms with E-state index in [9.17, 15) is 14.7 Å². The van der Waals surface area contributed by atoms with E-state index in [1.165, 1.54) is 13.8 Å². The molecule has 138 valence electrons. The molecule has 1 heterocycles. The minimum absolute atomic E-state index is 0.130. The average molecular weight is 370 g/mol. The van der Waals surface area contributed by atoms with Crippen molar-refractivity contribution in [2.75, 3.05) is 6.61 Å². The van der Waals surface area contributed by atoms with E-state index in [0.29, 0.717) is 6.61 Å². The maximum atomic E-state index is 11.4. The molecule has 1 aliphatic rings. The van der Waals surface area contributed by atoms with Crippen LogP contribution < -0.4 is 0 Å². The summed E-state index contributed by atoms with van der Waals surface area (Å²) in [4.78, 5) is 22.6. The van der Waals surface area contributed by atoms with Crippen LogP contribution >= 0.6 is 12.6 Å². The van der Waals surface area contributed by atoms with Gasteiger partial charge >= 0.3 is 11.9 Å². The number of rotatable bonds is 6. The van der Waals surface area contributed by atoms with Crippen molar-refractivity contribution in [3.05, 3.63) is 35.9 Å². The molecule has 0 bridgehead atoms. The molecule has 3 unspecified atom stereocenters. The maximum absolute atomic E-state index is 11.4. The molecule has 25 heavy (non-hydrogen) atoms. The van der Waals surface area contributed by atoms with Gasteiger partial charge in [0.25, 0.3) is 0 Å². The van der Waals surface area contributed by atoms with Gasteiger partial charge in [-0.1, -0.05) is 30.3 Å². The predicted molar refractivity (Wildman–Crippen MR) is 90.9 cm³/mol. The molecular weight excluding hydrogens is 348 g/mol. The first-order valence-corrected chi connectivity index (χ1v) is 8.38. The third kappa shape index (κ3) is 5.71. The Labute approximate surface area is 151 Å². The van der Waals surface area contributed by atoms with Gasteiger partial charge in [0.05, 0.1) is 24.6 Å². The summed E-state index contributed by atoms with van der Waals surface area (Å²) in [6.07, 6.45) is -4.17. The molecule has 7 nitrogen and oxygen atoms in total. The number of esters is 2. The number of carbonyl (C=O) groups is 2. The molecule has 0 saturated carbocycles. The molecule has 1 N–H and O–H groups in total. The van der Waals surface area contributed by atoms with Gasteiger partial charge in [0.2, 0.25) is 0 Å². The summed E-state index contributed by atoms with van der Waals surface area (Å²) in [6, 6.07) is 9.57. The van der Waals surface area contributed by atoms with Gasteiger partial charge in [0, 0.05) is 13.8 Å². The molecule has 1 aliphatic heterocycles. The van der Waals surface area contributed by atoms with Gasteiger partial charge in [-0.3, -0.25) is 9.59 Å². The van der Waals surface area contributed by atoms with E-state index in [2.05, 4.69) is 12.6 Å². The van der Waals surface area contributed by atoms with Crippen molar-refractivity contribution < 1.29 is 33.6 Å². The van der Waals surface area contributed by atoms with E-state index in [1.54, 1.807) is 0 Å². The Morgan fingerprint density at radius 1 is 1.12 bits per heavy atom. The molecular formula is C17H22O7S. The van der Waals surface area contributed by atoms with Crippen molar-refractivity contribution in [1.29, 1.82) is 0 Å². The van der Waals surface area contributed by atoms with Gasteiger partial charge in [-0.2, -0.15) is 12.6 Å².